The molecular formula is C26H32NO7S+. The van der Waals surface area contributed by atoms with E-state index in [0.717, 1.165) is 11.8 Å². The molecule has 35 heavy (non-hydrogen) atoms. The number of carboxylic acid groups (broad SMARTS) is 1. The van der Waals surface area contributed by atoms with Gasteiger partial charge in [0.05, 0.1) is 5.92 Å². The smallest absolute Gasteiger partial charge is 0.484 e. The summed E-state index contributed by atoms with van der Waals surface area (Å²) >= 11 is 1.03. The number of para-hydroxylation sites is 1. The second kappa shape index (κ2) is 11.8. The lowest BCUT2D eigenvalue weighted by atomic mass is 10.1. The van der Waals surface area contributed by atoms with Gasteiger partial charge >= 0.3 is 12.0 Å². The number of thioether (sulfide) groups is 1. The largest absolute Gasteiger partial charge is 0.521 e. The van der Waals surface area contributed by atoms with Gasteiger partial charge in [-0.2, -0.15) is 9.28 Å². The topological polar surface area (TPSA) is 99.1 Å². The molecule has 9 heteroatoms. The first-order valence-corrected chi connectivity index (χ1v) is 12.4. The van der Waals surface area contributed by atoms with Crippen LogP contribution in [0.4, 0.5) is 4.79 Å². The van der Waals surface area contributed by atoms with Gasteiger partial charge in [-0.1, -0.05) is 60.3 Å². The second-order valence-corrected chi connectivity index (χ2v) is 9.70. The highest BCUT2D eigenvalue weighted by molar-refractivity contribution is 8.14. The highest BCUT2D eigenvalue weighted by Crippen LogP contribution is 2.36. The molecule has 3 rings (SSSR count). The van der Waals surface area contributed by atoms with Crippen LogP contribution in [0.5, 0.6) is 5.75 Å². The molecule has 4 atom stereocenters. The molecule has 2 unspecified atom stereocenters. The van der Waals surface area contributed by atoms with Crippen LogP contribution in [0.1, 0.15) is 42.5 Å². The van der Waals surface area contributed by atoms with Gasteiger partial charge in [0.1, 0.15) is 18.3 Å². The number of likely N-dealkylation sites (tertiary alicyclic amines) is 1. The summed E-state index contributed by atoms with van der Waals surface area (Å²) in [5.41, 5.74) is 1.23. The van der Waals surface area contributed by atoms with Crippen molar-refractivity contribution in [2.45, 2.75) is 38.7 Å². The average molecular weight is 503 g/mol. The standard InChI is InChI=1S/C26H31NO7S/c1-17(16-35-24(29)19-10-6-5-7-11-19)23(28)27(26(30)31)15-20(14-18(27)2)34-22-13-9-8-12-21(22)25(32-3)33-4/h5-13,17-18,20,25H,14-16H2,1-4H3/p+1/t17?,18?,20-,27-/m0/s1. The monoisotopic (exact) mass is 502 g/mol. The zero-order valence-electron chi connectivity index (χ0n) is 20.4. The maximum absolute atomic E-state index is 13.5. The van der Waals surface area contributed by atoms with E-state index in [1.165, 1.54) is 14.2 Å². The van der Waals surface area contributed by atoms with Crippen LogP contribution < -0.4 is 4.74 Å². The highest BCUT2D eigenvalue weighted by atomic mass is 32.2. The molecule has 1 heterocycles. The third-order valence-corrected chi connectivity index (χ3v) is 7.54. The molecule has 0 saturated carbocycles. The number of methoxy groups -OCH3 is 2. The Morgan fingerprint density at radius 1 is 1.06 bits per heavy atom. The molecule has 2 aromatic carbocycles. The molecule has 1 saturated heterocycles. The molecule has 1 fully saturated rings. The summed E-state index contributed by atoms with van der Waals surface area (Å²) in [6, 6.07) is 15.6. The minimum absolute atomic E-state index is 0.00403. The Kier molecular flexibility index (Phi) is 9.07. The average Bonchev–Trinajstić information content (AvgIpc) is 3.20. The van der Waals surface area contributed by atoms with Crippen molar-refractivity contribution < 1.29 is 38.2 Å². The van der Waals surface area contributed by atoms with E-state index in [2.05, 4.69) is 0 Å². The fourth-order valence-electron chi connectivity index (χ4n) is 4.52. The maximum Gasteiger partial charge on any atom is 0.521 e. The Hall–Kier alpha value is -2.72. The lowest BCUT2D eigenvalue weighted by Gasteiger charge is -2.31. The van der Waals surface area contributed by atoms with Gasteiger partial charge in [0.2, 0.25) is 5.12 Å². The fourth-order valence-corrected chi connectivity index (χ4v) is 5.37. The van der Waals surface area contributed by atoms with Crippen molar-refractivity contribution in [3.05, 3.63) is 65.7 Å². The summed E-state index contributed by atoms with van der Waals surface area (Å²) in [4.78, 5) is 38.4. The third-order valence-electron chi connectivity index (χ3n) is 6.37. The van der Waals surface area contributed by atoms with Crippen molar-refractivity contribution in [3.63, 3.8) is 0 Å². The normalized spacial score (nSPS) is 22.7. The van der Waals surface area contributed by atoms with Crippen molar-refractivity contribution in [2.75, 3.05) is 26.5 Å². The lowest BCUT2D eigenvalue weighted by molar-refractivity contribution is -0.795. The minimum Gasteiger partial charge on any atom is -0.484 e. The minimum atomic E-state index is -1.21. The number of hydrogen-bond donors (Lipinski definition) is 1. The Bertz CT molecular complexity index is 1040. The predicted octanol–water partition coefficient (Wildman–Crippen LogP) is 4.75. The predicted molar refractivity (Wildman–Crippen MR) is 132 cm³/mol. The number of hydrogen-bond acceptors (Lipinski definition) is 7. The first kappa shape index (κ1) is 26.9. The van der Waals surface area contributed by atoms with Crippen molar-refractivity contribution in [3.8, 4) is 5.75 Å². The fraction of sp³-hybridized carbons (Fsp3) is 0.423. The van der Waals surface area contributed by atoms with Crippen LogP contribution in [0.3, 0.4) is 0 Å². The van der Waals surface area contributed by atoms with Crippen LogP contribution in [0.25, 0.3) is 0 Å². The van der Waals surface area contributed by atoms with Crippen LogP contribution >= 0.6 is 11.8 Å². The number of ether oxygens (including phenoxy) is 3. The third kappa shape index (κ3) is 5.75. The number of rotatable bonds is 9. The molecule has 0 bridgehead atoms. The molecule has 0 radical (unpaired) electrons. The van der Waals surface area contributed by atoms with Crippen LogP contribution in [0, 0.1) is 5.92 Å². The Morgan fingerprint density at radius 3 is 2.31 bits per heavy atom. The van der Waals surface area contributed by atoms with E-state index in [1.54, 1.807) is 44.2 Å². The first-order valence-electron chi connectivity index (χ1n) is 11.4. The van der Waals surface area contributed by atoms with Gasteiger partial charge in [-0.05, 0) is 19.9 Å². The highest BCUT2D eigenvalue weighted by Gasteiger charge is 2.58. The van der Waals surface area contributed by atoms with Crippen LogP contribution in [0.15, 0.2) is 54.6 Å². The molecule has 1 N–H and O–H groups in total. The molecule has 1 aliphatic heterocycles. The second-order valence-electron chi connectivity index (χ2n) is 8.70. The molecule has 0 spiro atoms. The molecular weight excluding hydrogens is 470 g/mol. The van der Waals surface area contributed by atoms with Crippen LogP contribution in [-0.2, 0) is 14.3 Å². The molecule has 8 nitrogen and oxygen atoms in total. The number of carbonyl (C=O) groups is 3. The van der Waals surface area contributed by atoms with Gasteiger partial charge in [-0.3, -0.25) is 4.79 Å². The number of quaternary nitrogens is 1. The summed E-state index contributed by atoms with van der Waals surface area (Å²) in [6.45, 7) is 3.42. The van der Waals surface area contributed by atoms with Gasteiger partial charge in [0.25, 0.3) is 0 Å². The van der Waals surface area contributed by atoms with Gasteiger partial charge in [-0.15, -0.1) is 0 Å². The zero-order valence-corrected chi connectivity index (χ0v) is 21.2. The first-order chi connectivity index (χ1) is 16.7. The molecule has 1 aliphatic rings. The van der Waals surface area contributed by atoms with E-state index in [4.69, 9.17) is 14.2 Å². The van der Waals surface area contributed by atoms with E-state index < -0.39 is 40.8 Å². The number of carbonyl (C=O) groups excluding carboxylic acids is 2. The Balaban J connectivity index is 1.74. The van der Waals surface area contributed by atoms with Crippen molar-refractivity contribution >= 4 is 28.9 Å². The maximum atomic E-state index is 13.5. The van der Waals surface area contributed by atoms with Crippen LogP contribution in [0.2, 0.25) is 0 Å². The van der Waals surface area contributed by atoms with E-state index in [1.807, 2.05) is 24.3 Å². The van der Waals surface area contributed by atoms with Crippen molar-refractivity contribution in [1.82, 2.24) is 0 Å². The van der Waals surface area contributed by atoms with Gasteiger partial charge in [0.15, 0.2) is 12.4 Å². The molecule has 2 aromatic rings. The number of imide groups is 1. The van der Waals surface area contributed by atoms with E-state index in [-0.39, 0.29) is 17.4 Å². The number of benzene rings is 2. The molecule has 2 amide bonds. The summed E-state index contributed by atoms with van der Waals surface area (Å²) < 4.78 is 16.2. The summed E-state index contributed by atoms with van der Waals surface area (Å²) in [7, 11) is 3.05. The van der Waals surface area contributed by atoms with E-state index in [9.17, 15) is 19.5 Å². The summed E-state index contributed by atoms with van der Waals surface area (Å²) in [6.07, 6.45) is -1.95. The number of nitrogens with zero attached hydrogens (tertiary/aromatic N) is 1. The SMILES string of the molecule is COC(OC)c1ccccc1O[C@H]1CC(C)[N@+](C(=O)O)(C(=O)C(C)CSC(=O)c2ccccc2)C1. The van der Waals surface area contributed by atoms with Gasteiger partial charge in [-0.25, -0.2) is 4.79 Å². The van der Waals surface area contributed by atoms with Crippen molar-refractivity contribution in [2.24, 2.45) is 5.92 Å². The van der Waals surface area contributed by atoms with E-state index >= 15 is 0 Å². The lowest BCUT2D eigenvalue weighted by Crippen LogP contribution is -2.61. The summed E-state index contributed by atoms with van der Waals surface area (Å²) in [5, 5.41) is 10.0. The van der Waals surface area contributed by atoms with Gasteiger partial charge in [0, 0.05) is 37.5 Å². The Morgan fingerprint density at radius 2 is 1.69 bits per heavy atom. The van der Waals surface area contributed by atoms with Gasteiger partial charge < -0.3 is 19.3 Å². The van der Waals surface area contributed by atoms with Crippen molar-refractivity contribution in [1.29, 1.82) is 0 Å². The zero-order chi connectivity index (χ0) is 25.6. The molecule has 0 aromatic heterocycles. The molecule has 188 valence electrons. The molecule has 0 aliphatic carbocycles. The quantitative estimate of drug-likeness (QED) is 0.387. The number of amides is 2. The Labute approximate surface area is 209 Å². The van der Waals surface area contributed by atoms with Crippen LogP contribution in [-0.4, -0.2) is 65.4 Å². The summed E-state index contributed by atoms with van der Waals surface area (Å²) in [5.74, 6) is -0.342. The van der Waals surface area contributed by atoms with E-state index in [0.29, 0.717) is 23.3 Å².